The molecule has 94 valence electrons. The zero-order valence-corrected chi connectivity index (χ0v) is 11.2. The van der Waals surface area contributed by atoms with Gasteiger partial charge in [0.15, 0.2) is 10.8 Å². The van der Waals surface area contributed by atoms with Crippen molar-refractivity contribution in [2.45, 2.75) is 32.2 Å². The Balaban J connectivity index is 1.96. The van der Waals surface area contributed by atoms with Crippen molar-refractivity contribution >= 4 is 11.3 Å². The first-order chi connectivity index (χ1) is 8.88. The topological polar surface area (TPSA) is 50.7 Å². The van der Waals surface area contributed by atoms with E-state index in [1.807, 2.05) is 6.07 Å². The molecule has 1 N–H and O–H groups in total. The standard InChI is InChI=1S/C13H16N4S/c1-2-14-9-5-3-6-10-11(9)18-13(17-10)12-15-7-4-8-16-12/h4,7-9,14H,2-3,5-6H2,1H3. The van der Waals surface area contributed by atoms with E-state index in [9.17, 15) is 0 Å². The Bertz CT molecular complexity index is 523. The summed E-state index contributed by atoms with van der Waals surface area (Å²) in [6.07, 6.45) is 7.04. The van der Waals surface area contributed by atoms with Crippen LogP contribution in [0, 0.1) is 0 Å². The van der Waals surface area contributed by atoms with Crippen molar-refractivity contribution in [2.75, 3.05) is 6.54 Å². The molecule has 0 fully saturated rings. The van der Waals surface area contributed by atoms with Crippen LogP contribution < -0.4 is 5.32 Å². The van der Waals surface area contributed by atoms with Crippen LogP contribution in [0.25, 0.3) is 10.8 Å². The third-order valence-electron chi connectivity index (χ3n) is 3.16. The Hall–Kier alpha value is -1.33. The fourth-order valence-corrected chi connectivity index (χ4v) is 3.54. The Morgan fingerprint density at radius 1 is 1.39 bits per heavy atom. The molecule has 5 heteroatoms. The molecule has 0 spiro atoms. The van der Waals surface area contributed by atoms with Crippen LogP contribution in [0.5, 0.6) is 0 Å². The summed E-state index contributed by atoms with van der Waals surface area (Å²) < 4.78 is 0. The highest BCUT2D eigenvalue weighted by Gasteiger charge is 2.24. The predicted molar refractivity (Wildman–Crippen MR) is 72.5 cm³/mol. The van der Waals surface area contributed by atoms with Crippen molar-refractivity contribution in [2.24, 2.45) is 0 Å². The lowest BCUT2D eigenvalue weighted by molar-refractivity contribution is 0.476. The lowest BCUT2D eigenvalue weighted by Crippen LogP contribution is -2.23. The summed E-state index contributed by atoms with van der Waals surface area (Å²) in [5.41, 5.74) is 1.24. The molecule has 1 aliphatic carbocycles. The van der Waals surface area contributed by atoms with E-state index < -0.39 is 0 Å². The zero-order valence-electron chi connectivity index (χ0n) is 10.4. The summed E-state index contributed by atoms with van der Waals surface area (Å²) in [5.74, 6) is 0.743. The van der Waals surface area contributed by atoms with Crippen LogP contribution in [0.3, 0.4) is 0 Å². The van der Waals surface area contributed by atoms with Crippen LogP contribution in [-0.2, 0) is 6.42 Å². The van der Waals surface area contributed by atoms with Gasteiger partial charge in [0.25, 0.3) is 0 Å². The summed E-state index contributed by atoms with van der Waals surface area (Å²) in [6.45, 7) is 3.15. The van der Waals surface area contributed by atoms with E-state index in [0.29, 0.717) is 6.04 Å². The quantitative estimate of drug-likeness (QED) is 0.921. The molecule has 2 heterocycles. The largest absolute Gasteiger partial charge is 0.309 e. The molecule has 3 rings (SSSR count). The number of nitrogens with zero attached hydrogens (tertiary/aromatic N) is 3. The molecule has 0 saturated carbocycles. The van der Waals surface area contributed by atoms with Gasteiger partial charge in [0.2, 0.25) is 0 Å². The molecule has 0 amide bonds. The number of nitrogens with one attached hydrogen (secondary N) is 1. The maximum atomic E-state index is 4.71. The molecule has 1 atom stereocenters. The summed E-state index contributed by atoms with van der Waals surface area (Å²) in [5, 5.41) is 4.48. The number of hydrogen-bond acceptors (Lipinski definition) is 5. The molecule has 0 saturated heterocycles. The smallest absolute Gasteiger partial charge is 0.188 e. The average Bonchev–Trinajstić information content (AvgIpc) is 2.85. The lowest BCUT2D eigenvalue weighted by Gasteiger charge is -2.21. The summed E-state index contributed by atoms with van der Waals surface area (Å²) in [7, 11) is 0. The van der Waals surface area contributed by atoms with Gasteiger partial charge in [-0.15, -0.1) is 11.3 Å². The first-order valence-corrected chi connectivity index (χ1v) is 7.20. The van der Waals surface area contributed by atoms with Gasteiger partial charge in [0, 0.05) is 23.3 Å². The molecule has 18 heavy (non-hydrogen) atoms. The van der Waals surface area contributed by atoms with Crippen molar-refractivity contribution in [3.63, 3.8) is 0 Å². The molecule has 1 unspecified atom stereocenters. The summed E-state index contributed by atoms with van der Waals surface area (Å²) >= 11 is 1.74. The van der Waals surface area contributed by atoms with Gasteiger partial charge in [0.1, 0.15) is 0 Å². The van der Waals surface area contributed by atoms with E-state index in [1.165, 1.54) is 23.4 Å². The maximum absolute atomic E-state index is 4.71. The fourth-order valence-electron chi connectivity index (χ4n) is 2.37. The van der Waals surface area contributed by atoms with Crippen LogP contribution >= 0.6 is 11.3 Å². The van der Waals surface area contributed by atoms with Gasteiger partial charge in [-0.05, 0) is 31.9 Å². The number of hydrogen-bond donors (Lipinski definition) is 1. The molecule has 0 aliphatic heterocycles. The second-order valence-corrected chi connectivity index (χ2v) is 5.44. The Morgan fingerprint density at radius 2 is 2.22 bits per heavy atom. The molecule has 0 radical (unpaired) electrons. The minimum atomic E-state index is 0.466. The molecule has 2 aromatic rings. The number of thiazole rings is 1. The van der Waals surface area contributed by atoms with Gasteiger partial charge in [-0.1, -0.05) is 6.92 Å². The van der Waals surface area contributed by atoms with Gasteiger partial charge in [-0.25, -0.2) is 15.0 Å². The summed E-state index contributed by atoms with van der Waals surface area (Å²) in [4.78, 5) is 14.6. The van der Waals surface area contributed by atoms with Crippen LogP contribution in [0.1, 0.15) is 36.4 Å². The molecule has 0 bridgehead atoms. The molecule has 1 aliphatic rings. The third kappa shape index (κ3) is 2.15. The molecule has 4 nitrogen and oxygen atoms in total. The second kappa shape index (κ2) is 5.12. The minimum Gasteiger partial charge on any atom is -0.309 e. The van der Waals surface area contributed by atoms with E-state index in [1.54, 1.807) is 23.7 Å². The van der Waals surface area contributed by atoms with Crippen LogP contribution in [0.4, 0.5) is 0 Å². The normalized spacial score (nSPS) is 18.6. The van der Waals surface area contributed by atoms with E-state index in [-0.39, 0.29) is 0 Å². The number of aryl methyl sites for hydroxylation is 1. The van der Waals surface area contributed by atoms with Crippen molar-refractivity contribution < 1.29 is 0 Å². The molecule has 2 aromatic heterocycles. The zero-order chi connectivity index (χ0) is 12.4. The van der Waals surface area contributed by atoms with Gasteiger partial charge >= 0.3 is 0 Å². The van der Waals surface area contributed by atoms with Gasteiger partial charge in [0.05, 0.1) is 5.69 Å². The lowest BCUT2D eigenvalue weighted by atomic mass is 9.98. The first-order valence-electron chi connectivity index (χ1n) is 6.39. The highest BCUT2D eigenvalue weighted by molar-refractivity contribution is 7.15. The highest BCUT2D eigenvalue weighted by atomic mass is 32.1. The van der Waals surface area contributed by atoms with Crippen molar-refractivity contribution in [3.8, 4) is 10.8 Å². The number of fused-ring (bicyclic) bond motifs is 1. The van der Waals surface area contributed by atoms with E-state index in [2.05, 4.69) is 22.2 Å². The minimum absolute atomic E-state index is 0.466. The van der Waals surface area contributed by atoms with Gasteiger partial charge < -0.3 is 5.32 Å². The van der Waals surface area contributed by atoms with Crippen LogP contribution in [0.2, 0.25) is 0 Å². The van der Waals surface area contributed by atoms with Crippen LogP contribution in [-0.4, -0.2) is 21.5 Å². The van der Waals surface area contributed by atoms with Gasteiger partial charge in [-0.2, -0.15) is 0 Å². The maximum Gasteiger partial charge on any atom is 0.188 e. The number of aromatic nitrogens is 3. The third-order valence-corrected chi connectivity index (χ3v) is 4.37. The van der Waals surface area contributed by atoms with Gasteiger partial charge in [-0.3, -0.25) is 0 Å². The van der Waals surface area contributed by atoms with E-state index >= 15 is 0 Å². The fraction of sp³-hybridized carbons (Fsp3) is 0.462. The van der Waals surface area contributed by atoms with Crippen molar-refractivity contribution in [1.29, 1.82) is 0 Å². The Morgan fingerprint density at radius 3 is 3.00 bits per heavy atom. The average molecular weight is 260 g/mol. The Labute approximate surface area is 111 Å². The predicted octanol–water partition coefficient (Wildman–Crippen LogP) is 2.59. The van der Waals surface area contributed by atoms with E-state index in [4.69, 9.17) is 4.98 Å². The second-order valence-electron chi connectivity index (χ2n) is 4.40. The molecule has 0 aromatic carbocycles. The highest BCUT2D eigenvalue weighted by Crippen LogP contribution is 2.36. The van der Waals surface area contributed by atoms with Crippen LogP contribution in [0.15, 0.2) is 18.5 Å². The van der Waals surface area contributed by atoms with Crippen molar-refractivity contribution in [3.05, 3.63) is 29.0 Å². The molecular formula is C13H16N4S. The van der Waals surface area contributed by atoms with E-state index in [0.717, 1.165) is 23.8 Å². The first kappa shape index (κ1) is 11.7. The van der Waals surface area contributed by atoms with Crippen molar-refractivity contribution in [1.82, 2.24) is 20.3 Å². The molecular weight excluding hydrogens is 244 g/mol. The summed E-state index contributed by atoms with van der Waals surface area (Å²) in [6, 6.07) is 2.30. The number of rotatable bonds is 3. The monoisotopic (exact) mass is 260 g/mol. The SMILES string of the molecule is CCNC1CCCc2nc(-c3ncccn3)sc21. The Kier molecular flexibility index (Phi) is 3.34.